The lowest BCUT2D eigenvalue weighted by Gasteiger charge is -2.27. The van der Waals surface area contributed by atoms with Gasteiger partial charge < -0.3 is 15.6 Å². The second kappa shape index (κ2) is 4.21. The number of hydrogen-bond donors (Lipinski definition) is 2. The van der Waals surface area contributed by atoms with Gasteiger partial charge in [-0.3, -0.25) is 0 Å². The van der Waals surface area contributed by atoms with Gasteiger partial charge in [0.25, 0.3) is 0 Å². The molecule has 1 aromatic rings. The summed E-state index contributed by atoms with van der Waals surface area (Å²) in [7, 11) is 0. The van der Waals surface area contributed by atoms with Gasteiger partial charge in [0.1, 0.15) is 5.75 Å². The number of aliphatic hydroxyl groups excluding tert-OH is 1. The van der Waals surface area contributed by atoms with Crippen LogP contribution in [0.15, 0.2) is 18.2 Å². The van der Waals surface area contributed by atoms with Crippen molar-refractivity contribution < 1.29 is 9.84 Å². The lowest BCUT2D eigenvalue weighted by Crippen LogP contribution is -2.32. The molecule has 0 radical (unpaired) electrons. The van der Waals surface area contributed by atoms with Crippen molar-refractivity contribution >= 4 is 0 Å². The minimum Gasteiger partial charge on any atom is -0.494 e. The number of benzene rings is 1. The minimum absolute atomic E-state index is 0.129. The Morgan fingerprint density at radius 2 is 2.33 bits per heavy atom. The molecule has 15 heavy (non-hydrogen) atoms. The third-order valence-electron chi connectivity index (χ3n) is 2.90. The van der Waals surface area contributed by atoms with E-state index in [9.17, 15) is 5.11 Å². The van der Waals surface area contributed by atoms with Gasteiger partial charge in [0.2, 0.25) is 0 Å². The smallest absolute Gasteiger partial charge is 0.119 e. The van der Waals surface area contributed by atoms with Gasteiger partial charge in [-0.15, -0.1) is 0 Å². The maximum Gasteiger partial charge on any atom is 0.119 e. The fourth-order valence-corrected chi connectivity index (χ4v) is 2.05. The van der Waals surface area contributed by atoms with Gasteiger partial charge in [-0.1, -0.05) is 6.07 Å². The molecule has 0 bridgehead atoms. The Morgan fingerprint density at radius 1 is 1.53 bits per heavy atom. The Bertz CT molecular complexity index is 351. The largest absolute Gasteiger partial charge is 0.494 e. The molecule has 0 spiro atoms. The molecule has 0 fully saturated rings. The Morgan fingerprint density at radius 3 is 3.07 bits per heavy atom. The molecule has 0 saturated carbocycles. The molecule has 3 N–H and O–H groups in total. The van der Waals surface area contributed by atoms with Crippen molar-refractivity contribution in [1.29, 1.82) is 0 Å². The van der Waals surface area contributed by atoms with Gasteiger partial charge in [-0.25, -0.2) is 0 Å². The van der Waals surface area contributed by atoms with Crippen LogP contribution in [0, 0.1) is 0 Å². The van der Waals surface area contributed by atoms with E-state index in [1.807, 2.05) is 25.1 Å². The van der Waals surface area contributed by atoms with E-state index in [0.717, 1.165) is 29.7 Å². The minimum atomic E-state index is -0.524. The number of aryl methyl sites for hydroxylation is 1. The maximum atomic E-state index is 9.88. The molecule has 2 unspecified atom stereocenters. The Kier molecular flexibility index (Phi) is 2.93. The number of fused-ring (bicyclic) bond motifs is 1. The van der Waals surface area contributed by atoms with Crippen LogP contribution in [0.25, 0.3) is 0 Å². The van der Waals surface area contributed by atoms with Crippen LogP contribution in [0.4, 0.5) is 0 Å². The third-order valence-corrected chi connectivity index (χ3v) is 2.90. The van der Waals surface area contributed by atoms with Crippen LogP contribution < -0.4 is 10.5 Å². The van der Waals surface area contributed by atoms with Crippen LogP contribution in [-0.2, 0) is 6.42 Å². The highest BCUT2D eigenvalue weighted by Crippen LogP contribution is 2.31. The summed E-state index contributed by atoms with van der Waals surface area (Å²) in [6.07, 6.45) is 1.24. The van der Waals surface area contributed by atoms with Crippen molar-refractivity contribution in [3.05, 3.63) is 29.3 Å². The molecule has 2 atom stereocenters. The first-order chi connectivity index (χ1) is 7.22. The van der Waals surface area contributed by atoms with Gasteiger partial charge in [-0.2, -0.15) is 0 Å². The number of hydrogen-bond acceptors (Lipinski definition) is 3. The van der Waals surface area contributed by atoms with Crippen LogP contribution in [-0.4, -0.2) is 17.8 Å². The van der Waals surface area contributed by atoms with Crippen molar-refractivity contribution in [2.24, 2.45) is 5.73 Å². The zero-order valence-electron chi connectivity index (χ0n) is 8.94. The van der Waals surface area contributed by atoms with Crippen molar-refractivity contribution in [1.82, 2.24) is 0 Å². The van der Waals surface area contributed by atoms with E-state index in [4.69, 9.17) is 10.5 Å². The van der Waals surface area contributed by atoms with Crippen molar-refractivity contribution in [3.8, 4) is 5.75 Å². The molecule has 1 aromatic carbocycles. The summed E-state index contributed by atoms with van der Waals surface area (Å²) in [5, 5.41) is 9.88. The van der Waals surface area contributed by atoms with E-state index < -0.39 is 6.10 Å². The summed E-state index contributed by atoms with van der Waals surface area (Å²) in [5.41, 5.74) is 7.93. The lowest BCUT2D eigenvalue weighted by atomic mass is 9.86. The Labute approximate surface area is 89.9 Å². The number of nitrogens with two attached hydrogens (primary N) is 1. The van der Waals surface area contributed by atoms with E-state index in [-0.39, 0.29) is 6.04 Å². The van der Waals surface area contributed by atoms with E-state index in [1.54, 1.807) is 0 Å². The van der Waals surface area contributed by atoms with Gasteiger partial charge in [0, 0.05) is 6.04 Å². The van der Waals surface area contributed by atoms with Gasteiger partial charge in [0.05, 0.1) is 12.7 Å². The zero-order chi connectivity index (χ0) is 10.8. The Balaban J connectivity index is 2.30. The molecule has 2 rings (SSSR count). The van der Waals surface area contributed by atoms with Gasteiger partial charge in [-0.05, 0) is 43.0 Å². The SMILES string of the molecule is CCOc1ccc2c(c1)CCC(N)C2O. The molecule has 0 heterocycles. The molecule has 3 nitrogen and oxygen atoms in total. The van der Waals surface area contributed by atoms with Crippen LogP contribution in [0.2, 0.25) is 0 Å². The maximum absolute atomic E-state index is 9.88. The highest BCUT2D eigenvalue weighted by atomic mass is 16.5. The quantitative estimate of drug-likeness (QED) is 0.770. The molecule has 0 saturated heterocycles. The van der Waals surface area contributed by atoms with Crippen LogP contribution in [0.1, 0.15) is 30.6 Å². The molecule has 1 aliphatic rings. The summed E-state index contributed by atoms with van der Waals surface area (Å²) >= 11 is 0. The highest BCUT2D eigenvalue weighted by Gasteiger charge is 2.24. The number of rotatable bonds is 2. The van der Waals surface area contributed by atoms with Crippen molar-refractivity contribution in [3.63, 3.8) is 0 Å². The van der Waals surface area contributed by atoms with E-state index in [0.29, 0.717) is 6.61 Å². The summed E-state index contributed by atoms with van der Waals surface area (Å²) < 4.78 is 5.42. The monoisotopic (exact) mass is 207 g/mol. The van der Waals surface area contributed by atoms with E-state index in [2.05, 4.69) is 0 Å². The fourth-order valence-electron chi connectivity index (χ4n) is 2.05. The number of ether oxygens (including phenoxy) is 1. The van der Waals surface area contributed by atoms with Crippen LogP contribution in [0.3, 0.4) is 0 Å². The topological polar surface area (TPSA) is 55.5 Å². The molecular weight excluding hydrogens is 190 g/mol. The Hall–Kier alpha value is -1.06. The summed E-state index contributed by atoms with van der Waals surface area (Å²) in [6, 6.07) is 5.69. The van der Waals surface area contributed by atoms with Crippen molar-refractivity contribution in [2.45, 2.75) is 31.9 Å². The molecule has 1 aliphatic carbocycles. The molecule has 0 amide bonds. The molecule has 82 valence electrons. The van der Waals surface area contributed by atoms with Crippen LogP contribution in [0.5, 0.6) is 5.75 Å². The third kappa shape index (κ3) is 1.98. The fraction of sp³-hybridized carbons (Fsp3) is 0.500. The van der Waals surface area contributed by atoms with Crippen molar-refractivity contribution in [2.75, 3.05) is 6.61 Å². The second-order valence-electron chi connectivity index (χ2n) is 3.94. The van der Waals surface area contributed by atoms with Gasteiger partial charge >= 0.3 is 0 Å². The summed E-state index contributed by atoms with van der Waals surface area (Å²) in [4.78, 5) is 0. The van der Waals surface area contributed by atoms with Crippen LogP contribution >= 0.6 is 0 Å². The molecule has 0 aromatic heterocycles. The summed E-state index contributed by atoms with van der Waals surface area (Å²) in [5.74, 6) is 0.874. The number of aliphatic hydroxyl groups is 1. The lowest BCUT2D eigenvalue weighted by molar-refractivity contribution is 0.133. The normalized spacial score (nSPS) is 24.7. The molecule has 0 aliphatic heterocycles. The summed E-state index contributed by atoms with van der Waals surface area (Å²) in [6.45, 7) is 2.63. The average Bonchev–Trinajstić information content (AvgIpc) is 2.24. The van der Waals surface area contributed by atoms with Gasteiger partial charge in [0.15, 0.2) is 0 Å². The van der Waals surface area contributed by atoms with E-state index >= 15 is 0 Å². The first kappa shape index (κ1) is 10.5. The standard InChI is InChI=1S/C12H17NO2/c1-2-15-9-4-5-10-8(7-9)3-6-11(13)12(10)14/h4-5,7,11-12,14H,2-3,6,13H2,1H3. The first-order valence-electron chi connectivity index (χ1n) is 5.41. The van der Waals surface area contributed by atoms with E-state index in [1.165, 1.54) is 0 Å². The first-order valence-corrected chi connectivity index (χ1v) is 5.41. The molecular formula is C12H17NO2. The predicted octanol–water partition coefficient (Wildman–Crippen LogP) is 1.39. The second-order valence-corrected chi connectivity index (χ2v) is 3.94. The highest BCUT2D eigenvalue weighted by molar-refractivity contribution is 5.39. The zero-order valence-corrected chi connectivity index (χ0v) is 8.94. The molecule has 3 heteroatoms. The predicted molar refractivity (Wildman–Crippen MR) is 58.9 cm³/mol. The average molecular weight is 207 g/mol.